The first kappa shape index (κ1) is 18.1. The number of carbonyl (C=O) groups is 2. The molecule has 2 aromatic carbocycles. The van der Waals surface area contributed by atoms with E-state index in [0.29, 0.717) is 11.3 Å². The molecule has 3 aromatic rings. The number of carbonyl (C=O) groups excluding carboxylic acids is 2. The number of fused-ring (bicyclic) bond motifs is 1. The third-order valence-electron chi connectivity index (χ3n) is 4.91. The fourth-order valence-corrected chi connectivity index (χ4v) is 3.49. The number of hydrogen-bond acceptors (Lipinski definition) is 3. The van der Waals surface area contributed by atoms with E-state index in [-0.39, 0.29) is 24.2 Å². The minimum Gasteiger partial charge on any atom is -0.355 e. The van der Waals surface area contributed by atoms with Gasteiger partial charge in [0.15, 0.2) is 11.6 Å². The molecule has 0 bridgehead atoms. The van der Waals surface area contributed by atoms with Crippen molar-refractivity contribution in [3.05, 3.63) is 70.5 Å². The summed E-state index contributed by atoms with van der Waals surface area (Å²) in [6, 6.07) is 14.6. The van der Waals surface area contributed by atoms with Gasteiger partial charge in [-0.15, -0.1) is 0 Å². The molecule has 3 rings (SSSR count). The number of ketones is 2. The summed E-state index contributed by atoms with van der Waals surface area (Å²) < 4.78 is 0. The van der Waals surface area contributed by atoms with Crippen LogP contribution in [0.4, 0.5) is 0 Å². The lowest BCUT2D eigenvalue weighted by Gasteiger charge is -2.14. The van der Waals surface area contributed by atoms with Crippen molar-refractivity contribution >= 4 is 22.3 Å². The van der Waals surface area contributed by atoms with Crippen molar-refractivity contribution in [3.8, 4) is 0 Å². The van der Waals surface area contributed by atoms with E-state index < -0.39 is 0 Å². The van der Waals surface area contributed by atoms with Crippen molar-refractivity contribution in [2.24, 2.45) is 0 Å². The predicted molar refractivity (Wildman–Crippen MR) is 105 cm³/mol. The highest BCUT2D eigenvalue weighted by Gasteiger charge is 2.20. The highest BCUT2D eigenvalue weighted by molar-refractivity contribution is 6.04. The second-order valence-electron chi connectivity index (χ2n) is 6.81. The summed E-state index contributed by atoms with van der Waals surface area (Å²) in [5, 5.41) is 5.68. The summed E-state index contributed by atoms with van der Waals surface area (Å²) in [4.78, 5) is 27.4. The van der Waals surface area contributed by atoms with Crippen LogP contribution in [0.1, 0.15) is 57.6 Å². The van der Waals surface area contributed by atoms with Gasteiger partial charge in [-0.2, -0.15) is 0 Å². The first-order chi connectivity index (χ1) is 12.4. The van der Waals surface area contributed by atoms with Crippen molar-refractivity contribution in [1.82, 2.24) is 10.3 Å². The Morgan fingerprint density at radius 1 is 1.08 bits per heavy atom. The van der Waals surface area contributed by atoms with Crippen molar-refractivity contribution in [2.45, 2.75) is 33.7 Å². The number of Topliss-reactive ketones (excluding diaryl/α,β-unsaturated/α-hetero) is 2. The van der Waals surface area contributed by atoms with Gasteiger partial charge in [0, 0.05) is 17.3 Å². The number of aromatic amines is 1. The summed E-state index contributed by atoms with van der Waals surface area (Å²) in [5.41, 5.74) is 3.77. The Balaban J connectivity index is 1.72. The molecule has 1 aromatic heterocycles. The zero-order valence-electron chi connectivity index (χ0n) is 15.6. The molecule has 1 heterocycles. The largest absolute Gasteiger partial charge is 0.355 e. The van der Waals surface area contributed by atoms with Crippen molar-refractivity contribution in [2.75, 3.05) is 6.54 Å². The summed E-state index contributed by atoms with van der Waals surface area (Å²) in [6.45, 7) is 7.43. The molecule has 0 saturated heterocycles. The van der Waals surface area contributed by atoms with Crippen LogP contribution in [-0.2, 0) is 0 Å². The number of aryl methyl sites for hydroxylation is 1. The Morgan fingerprint density at radius 2 is 1.77 bits per heavy atom. The van der Waals surface area contributed by atoms with Crippen LogP contribution in [0.3, 0.4) is 0 Å². The Labute approximate surface area is 153 Å². The van der Waals surface area contributed by atoms with Gasteiger partial charge in [-0.25, -0.2) is 0 Å². The monoisotopic (exact) mass is 348 g/mol. The predicted octanol–water partition coefficient (Wildman–Crippen LogP) is 4.52. The molecule has 0 spiro atoms. The average molecular weight is 348 g/mol. The quantitative estimate of drug-likeness (QED) is 0.644. The average Bonchev–Trinajstić information content (AvgIpc) is 2.93. The van der Waals surface area contributed by atoms with E-state index in [1.54, 1.807) is 0 Å². The molecule has 0 amide bonds. The summed E-state index contributed by atoms with van der Waals surface area (Å²) in [5.74, 6) is -0.0569. The third kappa shape index (κ3) is 3.46. The minimum absolute atomic E-state index is 0.0206. The van der Waals surface area contributed by atoms with Crippen LogP contribution in [0.25, 0.3) is 10.8 Å². The number of aromatic nitrogens is 1. The Hall–Kier alpha value is -2.72. The van der Waals surface area contributed by atoms with E-state index in [1.165, 1.54) is 17.7 Å². The van der Waals surface area contributed by atoms with E-state index in [0.717, 1.165) is 16.8 Å². The molecule has 0 radical (unpaired) electrons. The zero-order chi connectivity index (χ0) is 18.8. The zero-order valence-corrected chi connectivity index (χ0v) is 15.6. The van der Waals surface area contributed by atoms with Crippen LogP contribution >= 0.6 is 0 Å². The highest BCUT2D eigenvalue weighted by Crippen LogP contribution is 2.21. The van der Waals surface area contributed by atoms with E-state index in [1.807, 2.05) is 32.9 Å². The Bertz CT molecular complexity index is 985. The molecule has 4 nitrogen and oxygen atoms in total. The van der Waals surface area contributed by atoms with Crippen LogP contribution in [-0.4, -0.2) is 23.1 Å². The summed E-state index contributed by atoms with van der Waals surface area (Å²) in [7, 11) is 0. The topological polar surface area (TPSA) is 62.0 Å². The first-order valence-electron chi connectivity index (χ1n) is 8.84. The van der Waals surface area contributed by atoms with Crippen LogP contribution in [0.5, 0.6) is 0 Å². The molecule has 0 unspecified atom stereocenters. The van der Waals surface area contributed by atoms with Gasteiger partial charge in [0.2, 0.25) is 0 Å². The molecular formula is C22H24N2O2. The lowest BCUT2D eigenvalue weighted by atomic mass is 10.0. The van der Waals surface area contributed by atoms with Gasteiger partial charge in [-0.1, -0.05) is 36.4 Å². The van der Waals surface area contributed by atoms with Gasteiger partial charge in [0.25, 0.3) is 0 Å². The van der Waals surface area contributed by atoms with Gasteiger partial charge in [-0.05, 0) is 55.7 Å². The molecule has 1 atom stereocenters. The third-order valence-corrected chi connectivity index (χ3v) is 4.91. The standard InChI is InChI=1S/C22H24N2O2/c1-13-21(16(4)25)15(3)24-22(13)20(26)12-23-14(2)18-10-9-17-7-5-6-8-19(17)11-18/h5-11,14,23-24H,12H2,1-4H3/t14-/m0/s1. The Kier molecular flexibility index (Phi) is 5.05. The van der Waals surface area contributed by atoms with Crippen LogP contribution < -0.4 is 5.32 Å². The molecule has 134 valence electrons. The second-order valence-corrected chi connectivity index (χ2v) is 6.81. The lowest BCUT2D eigenvalue weighted by molar-refractivity contribution is 0.0982. The van der Waals surface area contributed by atoms with Crippen molar-refractivity contribution in [3.63, 3.8) is 0 Å². The smallest absolute Gasteiger partial charge is 0.193 e. The Morgan fingerprint density at radius 3 is 2.42 bits per heavy atom. The summed E-state index contributed by atoms with van der Waals surface area (Å²) in [6.07, 6.45) is 0. The van der Waals surface area contributed by atoms with Crippen LogP contribution in [0.2, 0.25) is 0 Å². The SMILES string of the molecule is CC(=O)c1c(C)[nH]c(C(=O)CN[C@@H](C)c2ccc3ccccc3c2)c1C. The molecule has 0 fully saturated rings. The van der Waals surface area contributed by atoms with Crippen LogP contribution in [0.15, 0.2) is 42.5 Å². The molecule has 4 heteroatoms. The normalized spacial score (nSPS) is 12.3. The maximum absolute atomic E-state index is 12.6. The van der Waals surface area contributed by atoms with Crippen LogP contribution in [0, 0.1) is 13.8 Å². The number of benzene rings is 2. The molecule has 26 heavy (non-hydrogen) atoms. The number of rotatable bonds is 6. The van der Waals surface area contributed by atoms with E-state index in [9.17, 15) is 9.59 Å². The minimum atomic E-state index is -0.0364. The second kappa shape index (κ2) is 7.26. The molecule has 0 saturated carbocycles. The van der Waals surface area contributed by atoms with E-state index in [4.69, 9.17) is 0 Å². The van der Waals surface area contributed by atoms with Crippen molar-refractivity contribution in [1.29, 1.82) is 0 Å². The maximum atomic E-state index is 12.6. The fraction of sp³-hybridized carbons (Fsp3) is 0.273. The first-order valence-corrected chi connectivity index (χ1v) is 8.84. The molecule has 0 aliphatic carbocycles. The molecule has 0 aliphatic heterocycles. The van der Waals surface area contributed by atoms with E-state index >= 15 is 0 Å². The lowest BCUT2D eigenvalue weighted by Crippen LogP contribution is -2.26. The number of H-pyrrole nitrogens is 1. The van der Waals surface area contributed by atoms with E-state index in [2.05, 4.69) is 40.6 Å². The highest BCUT2D eigenvalue weighted by atomic mass is 16.1. The molecule has 2 N–H and O–H groups in total. The summed E-state index contributed by atoms with van der Waals surface area (Å²) >= 11 is 0. The van der Waals surface area contributed by atoms with Gasteiger partial charge in [-0.3, -0.25) is 9.59 Å². The maximum Gasteiger partial charge on any atom is 0.193 e. The molecular weight excluding hydrogens is 324 g/mol. The number of nitrogens with one attached hydrogen (secondary N) is 2. The van der Waals surface area contributed by atoms with Crippen molar-refractivity contribution < 1.29 is 9.59 Å². The molecule has 0 aliphatic rings. The van der Waals surface area contributed by atoms with Gasteiger partial charge in [0.1, 0.15) is 0 Å². The van der Waals surface area contributed by atoms with Gasteiger partial charge in [0.05, 0.1) is 12.2 Å². The van der Waals surface area contributed by atoms with Gasteiger partial charge >= 0.3 is 0 Å². The van der Waals surface area contributed by atoms with Gasteiger partial charge < -0.3 is 10.3 Å². The fourth-order valence-electron chi connectivity index (χ4n) is 3.49. The number of hydrogen-bond donors (Lipinski definition) is 2.